The number of halogens is 1. The Bertz CT molecular complexity index is 455. The summed E-state index contributed by atoms with van der Waals surface area (Å²) in [5.74, 6) is 2.60. The van der Waals surface area contributed by atoms with Gasteiger partial charge in [-0.25, -0.2) is 4.68 Å². The van der Waals surface area contributed by atoms with Gasteiger partial charge in [0.2, 0.25) is 0 Å². The molecule has 0 amide bonds. The molecule has 4 nitrogen and oxygen atoms in total. The van der Waals surface area contributed by atoms with Gasteiger partial charge in [-0.15, -0.1) is 0 Å². The Kier molecular flexibility index (Phi) is 3.85. The van der Waals surface area contributed by atoms with E-state index in [0.717, 1.165) is 32.0 Å². The van der Waals surface area contributed by atoms with E-state index in [1.54, 1.807) is 0 Å². The van der Waals surface area contributed by atoms with E-state index in [4.69, 9.17) is 5.10 Å². The van der Waals surface area contributed by atoms with E-state index in [2.05, 4.69) is 45.1 Å². The van der Waals surface area contributed by atoms with Gasteiger partial charge in [0.15, 0.2) is 0 Å². The third-order valence-corrected chi connectivity index (χ3v) is 5.12. The SMILES string of the molecule is CC(C)CCc1nn2c(c1Br)NCC1CNCCC12. The molecule has 2 atom stereocenters. The zero-order valence-electron chi connectivity index (χ0n) is 11.7. The molecule has 0 radical (unpaired) electrons. The number of hydrogen-bond donors (Lipinski definition) is 2. The van der Waals surface area contributed by atoms with Crippen LogP contribution < -0.4 is 10.6 Å². The molecule has 2 unspecified atom stereocenters. The molecule has 0 aromatic carbocycles. The quantitative estimate of drug-likeness (QED) is 0.897. The predicted octanol–water partition coefficient (Wildman–Crippen LogP) is 2.81. The molecule has 2 N–H and O–H groups in total. The average Bonchev–Trinajstić information content (AvgIpc) is 2.74. The Morgan fingerprint density at radius 1 is 1.42 bits per heavy atom. The van der Waals surface area contributed by atoms with Crippen molar-refractivity contribution in [3.8, 4) is 0 Å². The largest absolute Gasteiger partial charge is 0.369 e. The van der Waals surface area contributed by atoms with E-state index in [-0.39, 0.29) is 0 Å². The number of hydrogen-bond acceptors (Lipinski definition) is 3. The molecule has 2 aliphatic heterocycles. The summed E-state index contributed by atoms with van der Waals surface area (Å²) in [4.78, 5) is 0. The van der Waals surface area contributed by atoms with Crippen molar-refractivity contribution >= 4 is 21.7 Å². The Hall–Kier alpha value is -0.550. The number of aromatic nitrogens is 2. The minimum atomic E-state index is 0.571. The van der Waals surface area contributed by atoms with Crippen LogP contribution in [-0.4, -0.2) is 29.4 Å². The standard InChI is InChI=1S/C14H23BrN4/c1-9(2)3-4-11-13(15)14-17-8-10-7-16-6-5-12(10)19(14)18-11/h9-10,12,16-17H,3-8H2,1-2H3. The molecule has 1 saturated heterocycles. The van der Waals surface area contributed by atoms with Crippen molar-refractivity contribution in [1.82, 2.24) is 15.1 Å². The number of rotatable bonds is 3. The van der Waals surface area contributed by atoms with E-state index in [1.165, 1.54) is 28.8 Å². The van der Waals surface area contributed by atoms with Crippen LogP contribution in [0.3, 0.4) is 0 Å². The fourth-order valence-corrected chi connectivity index (χ4v) is 3.71. The fourth-order valence-electron chi connectivity index (χ4n) is 3.11. The number of piperidine rings is 1. The lowest BCUT2D eigenvalue weighted by molar-refractivity contribution is 0.236. The number of nitrogens with one attached hydrogen (secondary N) is 2. The molecule has 0 bridgehead atoms. The molecule has 1 aromatic heterocycles. The van der Waals surface area contributed by atoms with Gasteiger partial charge in [0.25, 0.3) is 0 Å². The molecule has 0 spiro atoms. The summed E-state index contributed by atoms with van der Waals surface area (Å²) < 4.78 is 3.43. The summed E-state index contributed by atoms with van der Waals surface area (Å²) in [6.07, 6.45) is 3.46. The Morgan fingerprint density at radius 2 is 2.26 bits per heavy atom. The molecule has 3 heterocycles. The maximum atomic E-state index is 4.89. The normalized spacial score (nSPS) is 25.9. The summed E-state index contributed by atoms with van der Waals surface area (Å²) in [5, 5.41) is 11.9. The Balaban J connectivity index is 1.85. The van der Waals surface area contributed by atoms with Gasteiger partial charge in [0, 0.05) is 19.0 Å². The fraction of sp³-hybridized carbons (Fsp3) is 0.786. The second kappa shape index (κ2) is 5.44. The molecule has 3 rings (SSSR count). The predicted molar refractivity (Wildman–Crippen MR) is 81.6 cm³/mol. The second-order valence-corrected chi connectivity index (χ2v) is 6.98. The van der Waals surface area contributed by atoms with E-state index in [1.807, 2.05) is 0 Å². The van der Waals surface area contributed by atoms with Crippen LogP contribution >= 0.6 is 15.9 Å². The Labute approximate surface area is 123 Å². The number of anilines is 1. The van der Waals surface area contributed by atoms with E-state index >= 15 is 0 Å². The van der Waals surface area contributed by atoms with Crippen molar-refractivity contribution < 1.29 is 0 Å². The summed E-state index contributed by atoms with van der Waals surface area (Å²) in [7, 11) is 0. The number of aryl methyl sites for hydroxylation is 1. The van der Waals surface area contributed by atoms with Gasteiger partial charge >= 0.3 is 0 Å². The van der Waals surface area contributed by atoms with Gasteiger partial charge in [0.1, 0.15) is 5.82 Å². The van der Waals surface area contributed by atoms with Gasteiger partial charge in [0.05, 0.1) is 16.2 Å². The number of nitrogens with zero attached hydrogens (tertiary/aromatic N) is 2. The molecule has 0 saturated carbocycles. The van der Waals surface area contributed by atoms with E-state index < -0.39 is 0 Å². The highest BCUT2D eigenvalue weighted by atomic mass is 79.9. The van der Waals surface area contributed by atoms with Crippen LogP contribution in [0.1, 0.15) is 38.4 Å². The zero-order valence-corrected chi connectivity index (χ0v) is 13.3. The third-order valence-electron chi connectivity index (χ3n) is 4.29. The van der Waals surface area contributed by atoms with Crippen LogP contribution in [-0.2, 0) is 6.42 Å². The van der Waals surface area contributed by atoms with Crippen LogP contribution in [0.15, 0.2) is 4.47 Å². The molecular weight excluding hydrogens is 304 g/mol. The van der Waals surface area contributed by atoms with Crippen molar-refractivity contribution in [2.24, 2.45) is 11.8 Å². The van der Waals surface area contributed by atoms with Gasteiger partial charge in [-0.05, 0) is 47.7 Å². The van der Waals surface area contributed by atoms with Crippen molar-refractivity contribution in [2.75, 3.05) is 25.0 Å². The van der Waals surface area contributed by atoms with Crippen LogP contribution in [0.4, 0.5) is 5.82 Å². The molecule has 106 valence electrons. The van der Waals surface area contributed by atoms with Gasteiger partial charge in [-0.3, -0.25) is 0 Å². The minimum absolute atomic E-state index is 0.571. The molecule has 0 aliphatic carbocycles. The number of fused-ring (bicyclic) bond motifs is 3. The first kappa shape index (κ1) is 13.4. The molecule has 1 aromatic rings. The highest BCUT2D eigenvalue weighted by Gasteiger charge is 2.34. The smallest absolute Gasteiger partial charge is 0.139 e. The second-order valence-electron chi connectivity index (χ2n) is 6.19. The molecule has 19 heavy (non-hydrogen) atoms. The lowest BCUT2D eigenvalue weighted by Gasteiger charge is -2.37. The molecule has 2 aliphatic rings. The maximum absolute atomic E-state index is 4.89. The molecule has 5 heteroatoms. The van der Waals surface area contributed by atoms with Crippen molar-refractivity contribution in [3.63, 3.8) is 0 Å². The summed E-state index contributed by atoms with van der Waals surface area (Å²) >= 11 is 3.74. The van der Waals surface area contributed by atoms with Crippen LogP contribution in [0.25, 0.3) is 0 Å². The Morgan fingerprint density at radius 3 is 3.05 bits per heavy atom. The summed E-state index contributed by atoms with van der Waals surface area (Å²) in [6, 6.07) is 0.571. The lowest BCUT2D eigenvalue weighted by Crippen LogP contribution is -2.44. The average molecular weight is 327 g/mol. The van der Waals surface area contributed by atoms with Crippen molar-refractivity contribution in [1.29, 1.82) is 0 Å². The highest BCUT2D eigenvalue weighted by Crippen LogP contribution is 2.38. The summed E-state index contributed by atoms with van der Waals surface area (Å²) in [6.45, 7) is 7.82. The van der Waals surface area contributed by atoms with Crippen molar-refractivity contribution in [2.45, 2.75) is 39.2 Å². The van der Waals surface area contributed by atoms with E-state index in [0.29, 0.717) is 12.0 Å². The van der Waals surface area contributed by atoms with Crippen LogP contribution in [0, 0.1) is 11.8 Å². The maximum Gasteiger partial charge on any atom is 0.139 e. The topological polar surface area (TPSA) is 41.9 Å². The van der Waals surface area contributed by atoms with Gasteiger partial charge < -0.3 is 10.6 Å². The van der Waals surface area contributed by atoms with Crippen molar-refractivity contribution in [3.05, 3.63) is 10.2 Å². The molecule has 1 fully saturated rings. The van der Waals surface area contributed by atoms with E-state index in [9.17, 15) is 0 Å². The summed E-state index contributed by atoms with van der Waals surface area (Å²) in [5.41, 5.74) is 1.22. The zero-order chi connectivity index (χ0) is 13.4. The monoisotopic (exact) mass is 326 g/mol. The minimum Gasteiger partial charge on any atom is -0.369 e. The highest BCUT2D eigenvalue weighted by molar-refractivity contribution is 9.10. The van der Waals surface area contributed by atoms with Gasteiger partial charge in [-0.2, -0.15) is 5.10 Å². The first-order valence-electron chi connectivity index (χ1n) is 7.38. The third kappa shape index (κ3) is 2.55. The first-order valence-corrected chi connectivity index (χ1v) is 8.17. The molecular formula is C14H23BrN4. The first-order chi connectivity index (χ1) is 9.16. The van der Waals surface area contributed by atoms with Crippen LogP contribution in [0.2, 0.25) is 0 Å². The lowest BCUT2D eigenvalue weighted by atomic mass is 9.92. The van der Waals surface area contributed by atoms with Crippen LogP contribution in [0.5, 0.6) is 0 Å². The van der Waals surface area contributed by atoms with Gasteiger partial charge in [-0.1, -0.05) is 13.8 Å².